The molecule has 0 aromatic rings. The molecule has 0 heterocycles. The van der Waals surface area contributed by atoms with E-state index in [1.54, 1.807) is 13.8 Å². The van der Waals surface area contributed by atoms with Crippen molar-refractivity contribution in [2.24, 2.45) is 5.92 Å². The van der Waals surface area contributed by atoms with Crippen molar-refractivity contribution in [2.75, 3.05) is 0 Å². The van der Waals surface area contributed by atoms with Crippen molar-refractivity contribution >= 4 is 11.9 Å². The third-order valence-corrected chi connectivity index (χ3v) is 1.61. The highest BCUT2D eigenvalue weighted by atomic mass is 16.4. The average molecular weight is 189 g/mol. The standard InChI is InChI=1S/C8H15NO4/c1-4(2)6(8(12)13)9-7(11)5(3)10/h4-6,10H,1-3H3,(H,9,11)(H,12,13)/t5-,6+/m1/s1. The van der Waals surface area contributed by atoms with Gasteiger partial charge in [-0.25, -0.2) is 4.79 Å². The van der Waals surface area contributed by atoms with Crippen LogP contribution in [0, 0.1) is 5.92 Å². The highest BCUT2D eigenvalue weighted by Crippen LogP contribution is 2.01. The molecular weight excluding hydrogens is 174 g/mol. The molecule has 76 valence electrons. The normalized spacial score (nSPS) is 15.2. The number of amides is 1. The SMILES string of the molecule is CC(C)[C@H](NC(=O)[C@@H](C)O)C(=O)O. The molecule has 0 aliphatic carbocycles. The van der Waals surface area contributed by atoms with Crippen LogP contribution in [0.4, 0.5) is 0 Å². The van der Waals surface area contributed by atoms with E-state index in [0.717, 1.165) is 0 Å². The minimum atomic E-state index is -1.18. The number of carboxylic acids is 1. The van der Waals surface area contributed by atoms with E-state index in [2.05, 4.69) is 5.32 Å². The summed E-state index contributed by atoms with van der Waals surface area (Å²) in [7, 11) is 0. The van der Waals surface area contributed by atoms with Gasteiger partial charge >= 0.3 is 5.97 Å². The number of carbonyl (C=O) groups is 2. The maximum absolute atomic E-state index is 10.9. The lowest BCUT2D eigenvalue weighted by Crippen LogP contribution is -2.47. The van der Waals surface area contributed by atoms with Crippen molar-refractivity contribution in [3.63, 3.8) is 0 Å². The second-order valence-corrected chi connectivity index (χ2v) is 3.24. The molecule has 0 bridgehead atoms. The summed E-state index contributed by atoms with van der Waals surface area (Å²) in [5.74, 6) is -1.97. The van der Waals surface area contributed by atoms with E-state index < -0.39 is 24.0 Å². The predicted molar refractivity (Wildman–Crippen MR) is 46.1 cm³/mol. The lowest BCUT2D eigenvalue weighted by atomic mass is 10.0. The lowest BCUT2D eigenvalue weighted by molar-refractivity contribution is -0.144. The van der Waals surface area contributed by atoms with Crippen LogP contribution in [0.25, 0.3) is 0 Å². The van der Waals surface area contributed by atoms with E-state index >= 15 is 0 Å². The van der Waals surface area contributed by atoms with E-state index in [1.165, 1.54) is 6.92 Å². The molecule has 0 aromatic heterocycles. The summed E-state index contributed by atoms with van der Waals surface area (Å²) in [6.45, 7) is 4.65. The largest absolute Gasteiger partial charge is 0.480 e. The van der Waals surface area contributed by atoms with E-state index in [4.69, 9.17) is 10.2 Å². The summed E-state index contributed by atoms with van der Waals surface area (Å²) in [5.41, 5.74) is 0. The zero-order valence-corrected chi connectivity index (χ0v) is 7.94. The summed E-state index contributed by atoms with van der Waals surface area (Å²) in [6, 6.07) is -0.943. The topological polar surface area (TPSA) is 86.6 Å². The third kappa shape index (κ3) is 3.89. The highest BCUT2D eigenvalue weighted by Gasteiger charge is 2.24. The molecule has 2 atom stereocenters. The molecule has 0 aromatic carbocycles. The molecule has 0 unspecified atom stereocenters. The first-order valence-corrected chi connectivity index (χ1v) is 4.07. The van der Waals surface area contributed by atoms with Crippen LogP contribution >= 0.6 is 0 Å². The fourth-order valence-corrected chi connectivity index (χ4v) is 0.787. The molecule has 0 aliphatic heterocycles. The van der Waals surface area contributed by atoms with Crippen LogP contribution in [0.2, 0.25) is 0 Å². The van der Waals surface area contributed by atoms with Crippen LogP contribution in [0.1, 0.15) is 20.8 Å². The van der Waals surface area contributed by atoms with E-state index in [1.807, 2.05) is 0 Å². The van der Waals surface area contributed by atoms with Gasteiger partial charge in [-0.3, -0.25) is 4.79 Å². The van der Waals surface area contributed by atoms with Crippen molar-refractivity contribution in [3.05, 3.63) is 0 Å². The van der Waals surface area contributed by atoms with E-state index in [9.17, 15) is 9.59 Å². The van der Waals surface area contributed by atoms with Crippen molar-refractivity contribution in [1.82, 2.24) is 5.32 Å². The molecule has 0 radical (unpaired) electrons. The fraction of sp³-hybridized carbons (Fsp3) is 0.750. The Bertz CT molecular complexity index is 200. The molecule has 0 fully saturated rings. The van der Waals surface area contributed by atoms with Gasteiger partial charge in [-0.15, -0.1) is 0 Å². The number of hydrogen-bond acceptors (Lipinski definition) is 3. The first-order chi connectivity index (χ1) is 5.86. The number of aliphatic carboxylic acids is 1. The number of nitrogens with one attached hydrogen (secondary N) is 1. The molecule has 5 nitrogen and oxygen atoms in total. The van der Waals surface area contributed by atoms with Gasteiger partial charge in [0.05, 0.1) is 0 Å². The van der Waals surface area contributed by atoms with Gasteiger partial charge in [-0.05, 0) is 12.8 Å². The van der Waals surface area contributed by atoms with Gasteiger partial charge in [-0.1, -0.05) is 13.8 Å². The molecule has 1 amide bonds. The number of hydrogen-bond donors (Lipinski definition) is 3. The summed E-state index contributed by atoms with van der Waals surface area (Å²) in [6.07, 6.45) is -1.18. The second-order valence-electron chi connectivity index (χ2n) is 3.24. The minimum Gasteiger partial charge on any atom is -0.480 e. The van der Waals surface area contributed by atoms with Crippen LogP contribution in [0.5, 0.6) is 0 Å². The van der Waals surface area contributed by atoms with Gasteiger partial charge < -0.3 is 15.5 Å². The predicted octanol–water partition coefficient (Wildman–Crippen LogP) is -0.407. The molecule has 5 heteroatoms. The molecule has 0 saturated carbocycles. The number of carboxylic acid groups (broad SMARTS) is 1. The van der Waals surface area contributed by atoms with Gasteiger partial charge in [0.1, 0.15) is 12.1 Å². The zero-order valence-electron chi connectivity index (χ0n) is 7.94. The van der Waals surface area contributed by atoms with Crippen molar-refractivity contribution < 1.29 is 19.8 Å². The average Bonchev–Trinajstić information content (AvgIpc) is 1.97. The summed E-state index contributed by atoms with van der Waals surface area (Å²) < 4.78 is 0. The van der Waals surface area contributed by atoms with Gasteiger partial charge in [0.2, 0.25) is 5.91 Å². The summed E-state index contributed by atoms with van der Waals surface area (Å²) in [5, 5.41) is 19.7. The van der Waals surface area contributed by atoms with Crippen molar-refractivity contribution in [3.8, 4) is 0 Å². The van der Waals surface area contributed by atoms with E-state index in [-0.39, 0.29) is 5.92 Å². The Balaban J connectivity index is 4.27. The van der Waals surface area contributed by atoms with Gasteiger partial charge in [-0.2, -0.15) is 0 Å². The number of aliphatic hydroxyl groups excluding tert-OH is 1. The quantitative estimate of drug-likeness (QED) is 0.561. The Morgan fingerprint density at radius 1 is 1.23 bits per heavy atom. The maximum Gasteiger partial charge on any atom is 0.326 e. The maximum atomic E-state index is 10.9. The number of aliphatic hydroxyl groups is 1. The van der Waals surface area contributed by atoms with Gasteiger partial charge in [0, 0.05) is 0 Å². The Morgan fingerprint density at radius 2 is 1.69 bits per heavy atom. The molecule has 13 heavy (non-hydrogen) atoms. The molecular formula is C8H15NO4. The smallest absolute Gasteiger partial charge is 0.326 e. The van der Waals surface area contributed by atoms with Gasteiger partial charge in [0.15, 0.2) is 0 Å². The van der Waals surface area contributed by atoms with Crippen LogP contribution in [-0.4, -0.2) is 34.2 Å². The molecule has 0 saturated heterocycles. The van der Waals surface area contributed by atoms with Gasteiger partial charge in [0.25, 0.3) is 0 Å². The lowest BCUT2D eigenvalue weighted by Gasteiger charge is -2.18. The molecule has 0 aliphatic rings. The zero-order chi connectivity index (χ0) is 10.6. The second kappa shape index (κ2) is 4.81. The molecule has 3 N–H and O–H groups in total. The molecule has 0 spiro atoms. The third-order valence-electron chi connectivity index (χ3n) is 1.61. The Kier molecular flexibility index (Phi) is 4.40. The summed E-state index contributed by atoms with van der Waals surface area (Å²) in [4.78, 5) is 21.5. The number of carbonyl (C=O) groups excluding carboxylic acids is 1. The Labute approximate surface area is 76.8 Å². The van der Waals surface area contributed by atoms with Crippen LogP contribution in [-0.2, 0) is 9.59 Å². The summed E-state index contributed by atoms with van der Waals surface area (Å²) >= 11 is 0. The Morgan fingerprint density at radius 3 is 1.92 bits per heavy atom. The first-order valence-electron chi connectivity index (χ1n) is 4.07. The highest BCUT2D eigenvalue weighted by molar-refractivity contribution is 5.85. The first kappa shape index (κ1) is 11.9. The van der Waals surface area contributed by atoms with Crippen LogP contribution < -0.4 is 5.32 Å². The minimum absolute atomic E-state index is 0.208. The number of rotatable bonds is 4. The van der Waals surface area contributed by atoms with Crippen LogP contribution in [0.3, 0.4) is 0 Å². The van der Waals surface area contributed by atoms with Crippen LogP contribution in [0.15, 0.2) is 0 Å². The molecule has 0 rings (SSSR count). The monoisotopic (exact) mass is 189 g/mol. The van der Waals surface area contributed by atoms with Crippen molar-refractivity contribution in [2.45, 2.75) is 32.9 Å². The van der Waals surface area contributed by atoms with E-state index in [0.29, 0.717) is 0 Å². The fourth-order valence-electron chi connectivity index (χ4n) is 0.787. The van der Waals surface area contributed by atoms with Crippen molar-refractivity contribution in [1.29, 1.82) is 0 Å². The Hall–Kier alpha value is -1.10.